The molecule has 1 aliphatic heterocycles. The molecule has 0 spiro atoms. The first kappa shape index (κ1) is 11.2. The van der Waals surface area contributed by atoms with E-state index in [1.54, 1.807) is 18.2 Å². The number of nitrogens with zero attached hydrogens (tertiary/aromatic N) is 2. The summed E-state index contributed by atoms with van der Waals surface area (Å²) in [7, 11) is 0. The molecular formula is C13H15N3O2. The molecule has 0 unspecified atom stereocenters. The number of hydrogen-bond donors (Lipinski definition) is 2. The minimum Gasteiger partial charge on any atom is -0.508 e. The van der Waals surface area contributed by atoms with Gasteiger partial charge in [0.2, 0.25) is 11.7 Å². The van der Waals surface area contributed by atoms with Gasteiger partial charge >= 0.3 is 0 Å². The average molecular weight is 245 g/mol. The summed E-state index contributed by atoms with van der Waals surface area (Å²) in [6.07, 6.45) is 3.41. The van der Waals surface area contributed by atoms with E-state index in [9.17, 15) is 5.11 Å². The quantitative estimate of drug-likeness (QED) is 0.849. The maximum Gasteiger partial charge on any atom is 0.244 e. The molecule has 2 heterocycles. The number of aromatic nitrogens is 2. The molecule has 1 aliphatic rings. The number of phenolic OH excluding ortho intramolecular Hbond substituents is 1. The van der Waals surface area contributed by atoms with Gasteiger partial charge in [-0.1, -0.05) is 23.7 Å². The minimum absolute atomic E-state index is 0.164. The van der Waals surface area contributed by atoms with E-state index in [-0.39, 0.29) is 11.8 Å². The van der Waals surface area contributed by atoms with Crippen LogP contribution in [-0.2, 0) is 0 Å². The van der Waals surface area contributed by atoms with E-state index in [1.165, 1.54) is 12.8 Å². The zero-order valence-electron chi connectivity index (χ0n) is 9.97. The molecule has 3 rings (SSSR count). The fourth-order valence-electron chi connectivity index (χ4n) is 2.20. The van der Waals surface area contributed by atoms with Crippen molar-refractivity contribution in [2.75, 3.05) is 6.54 Å². The molecule has 18 heavy (non-hydrogen) atoms. The van der Waals surface area contributed by atoms with Gasteiger partial charge < -0.3 is 14.9 Å². The minimum atomic E-state index is 0.164. The van der Waals surface area contributed by atoms with E-state index in [0.29, 0.717) is 11.7 Å². The maximum atomic E-state index is 9.43. The Bertz CT molecular complexity index is 533. The fraction of sp³-hybridized carbons (Fsp3) is 0.385. The highest BCUT2D eigenvalue weighted by Crippen LogP contribution is 2.25. The smallest absolute Gasteiger partial charge is 0.244 e. The van der Waals surface area contributed by atoms with Crippen LogP contribution in [0.15, 0.2) is 28.8 Å². The first-order chi connectivity index (χ1) is 8.83. The van der Waals surface area contributed by atoms with Gasteiger partial charge in [-0.15, -0.1) is 0 Å². The molecule has 2 aromatic rings. The largest absolute Gasteiger partial charge is 0.508 e. The van der Waals surface area contributed by atoms with Crippen molar-refractivity contribution in [1.82, 2.24) is 15.5 Å². The number of rotatable bonds is 2. The molecule has 5 heteroatoms. The third kappa shape index (κ3) is 2.22. The summed E-state index contributed by atoms with van der Waals surface area (Å²) in [4.78, 5) is 4.39. The Morgan fingerprint density at radius 1 is 1.33 bits per heavy atom. The molecule has 1 aromatic carbocycles. The van der Waals surface area contributed by atoms with E-state index in [1.807, 2.05) is 6.07 Å². The molecule has 1 atom stereocenters. The van der Waals surface area contributed by atoms with Crippen molar-refractivity contribution in [3.05, 3.63) is 30.2 Å². The summed E-state index contributed by atoms with van der Waals surface area (Å²) < 4.78 is 5.29. The summed E-state index contributed by atoms with van der Waals surface area (Å²) in [6, 6.07) is 7.02. The van der Waals surface area contributed by atoms with Gasteiger partial charge in [0.05, 0.1) is 6.04 Å². The molecule has 0 amide bonds. The Balaban J connectivity index is 1.84. The lowest BCUT2D eigenvalue weighted by atomic mass is 10.1. The van der Waals surface area contributed by atoms with Gasteiger partial charge in [0, 0.05) is 5.56 Å². The van der Waals surface area contributed by atoms with Gasteiger partial charge in [-0.3, -0.25) is 0 Å². The molecule has 1 aromatic heterocycles. The fourth-order valence-corrected chi connectivity index (χ4v) is 2.20. The average Bonchev–Trinajstić information content (AvgIpc) is 2.89. The molecule has 0 saturated carbocycles. The Kier molecular flexibility index (Phi) is 2.98. The van der Waals surface area contributed by atoms with Crippen molar-refractivity contribution in [3.8, 4) is 17.1 Å². The predicted molar refractivity (Wildman–Crippen MR) is 66.0 cm³/mol. The SMILES string of the molecule is Oc1cccc(-c2noc([C@@H]3CCCCN3)n2)c1. The monoisotopic (exact) mass is 245 g/mol. The Hall–Kier alpha value is -1.88. The molecule has 5 nitrogen and oxygen atoms in total. The molecule has 0 bridgehead atoms. The van der Waals surface area contributed by atoms with E-state index >= 15 is 0 Å². The molecule has 1 saturated heterocycles. The molecule has 2 N–H and O–H groups in total. The summed E-state index contributed by atoms with van der Waals surface area (Å²) in [6.45, 7) is 0.995. The van der Waals surface area contributed by atoms with Gasteiger partial charge in [-0.25, -0.2) is 0 Å². The lowest BCUT2D eigenvalue weighted by molar-refractivity contribution is 0.297. The second-order valence-corrected chi connectivity index (χ2v) is 4.51. The van der Waals surface area contributed by atoms with Crippen LogP contribution >= 0.6 is 0 Å². The number of nitrogens with one attached hydrogen (secondary N) is 1. The van der Waals surface area contributed by atoms with Crippen LogP contribution in [0.2, 0.25) is 0 Å². The van der Waals surface area contributed by atoms with E-state index < -0.39 is 0 Å². The molecule has 0 aliphatic carbocycles. The Morgan fingerprint density at radius 2 is 2.28 bits per heavy atom. The standard InChI is InChI=1S/C13H15N3O2/c17-10-5-3-4-9(8-10)12-15-13(18-16-12)11-6-1-2-7-14-11/h3-5,8,11,14,17H,1-2,6-7H2/t11-/m0/s1. The zero-order valence-corrected chi connectivity index (χ0v) is 9.97. The molecule has 94 valence electrons. The Morgan fingerprint density at radius 3 is 3.06 bits per heavy atom. The van der Waals surface area contributed by atoms with Crippen LogP contribution in [0.4, 0.5) is 0 Å². The maximum absolute atomic E-state index is 9.43. The van der Waals surface area contributed by atoms with E-state index in [4.69, 9.17) is 4.52 Å². The van der Waals surface area contributed by atoms with Crippen molar-refractivity contribution in [2.45, 2.75) is 25.3 Å². The second-order valence-electron chi connectivity index (χ2n) is 4.51. The highest BCUT2D eigenvalue weighted by Gasteiger charge is 2.21. The van der Waals surface area contributed by atoms with Crippen molar-refractivity contribution >= 4 is 0 Å². The highest BCUT2D eigenvalue weighted by molar-refractivity contribution is 5.56. The van der Waals surface area contributed by atoms with Crippen LogP contribution in [0.25, 0.3) is 11.4 Å². The van der Waals surface area contributed by atoms with Crippen molar-refractivity contribution in [1.29, 1.82) is 0 Å². The molecular weight excluding hydrogens is 230 g/mol. The first-order valence-electron chi connectivity index (χ1n) is 6.19. The zero-order chi connectivity index (χ0) is 12.4. The van der Waals surface area contributed by atoms with Gasteiger partial charge in [-0.05, 0) is 31.5 Å². The van der Waals surface area contributed by atoms with Gasteiger partial charge in [0.15, 0.2) is 0 Å². The number of aromatic hydroxyl groups is 1. The van der Waals surface area contributed by atoms with Crippen LogP contribution in [0.5, 0.6) is 5.75 Å². The number of hydrogen-bond acceptors (Lipinski definition) is 5. The van der Waals surface area contributed by atoms with Crippen LogP contribution < -0.4 is 5.32 Å². The topological polar surface area (TPSA) is 71.2 Å². The lowest BCUT2D eigenvalue weighted by Crippen LogP contribution is -2.26. The second kappa shape index (κ2) is 4.78. The van der Waals surface area contributed by atoms with Crippen LogP contribution in [0.1, 0.15) is 31.2 Å². The highest BCUT2D eigenvalue weighted by atomic mass is 16.5. The third-order valence-electron chi connectivity index (χ3n) is 3.15. The molecule has 0 radical (unpaired) electrons. The number of piperidine rings is 1. The van der Waals surface area contributed by atoms with Crippen LogP contribution in [0.3, 0.4) is 0 Å². The van der Waals surface area contributed by atoms with E-state index in [2.05, 4.69) is 15.5 Å². The van der Waals surface area contributed by atoms with Gasteiger partial charge in [0.25, 0.3) is 0 Å². The van der Waals surface area contributed by atoms with Crippen molar-refractivity contribution in [2.24, 2.45) is 0 Å². The van der Waals surface area contributed by atoms with Gasteiger partial charge in [0.1, 0.15) is 5.75 Å². The molecule has 1 fully saturated rings. The summed E-state index contributed by atoms with van der Waals surface area (Å²) in [5.74, 6) is 1.36. The predicted octanol–water partition coefficient (Wildman–Crippen LogP) is 2.26. The third-order valence-corrected chi connectivity index (χ3v) is 3.15. The van der Waals surface area contributed by atoms with E-state index in [0.717, 1.165) is 18.5 Å². The Labute approximate surface area is 105 Å². The normalized spacial score (nSPS) is 19.9. The summed E-state index contributed by atoms with van der Waals surface area (Å²) >= 11 is 0. The number of benzene rings is 1. The van der Waals surface area contributed by atoms with Crippen LogP contribution in [-0.4, -0.2) is 21.8 Å². The number of phenols is 1. The lowest BCUT2D eigenvalue weighted by Gasteiger charge is -2.19. The van der Waals surface area contributed by atoms with Crippen molar-refractivity contribution < 1.29 is 9.63 Å². The summed E-state index contributed by atoms with van der Waals surface area (Å²) in [5.41, 5.74) is 0.765. The first-order valence-corrected chi connectivity index (χ1v) is 6.19. The van der Waals surface area contributed by atoms with Crippen molar-refractivity contribution in [3.63, 3.8) is 0 Å². The summed E-state index contributed by atoms with van der Waals surface area (Å²) in [5, 5.41) is 16.8. The van der Waals surface area contributed by atoms with Crippen LogP contribution in [0, 0.1) is 0 Å². The van der Waals surface area contributed by atoms with Gasteiger partial charge in [-0.2, -0.15) is 4.98 Å².